The maximum absolute atomic E-state index is 5.13. The smallest absolute Gasteiger partial charge is 0.164 e. The zero-order valence-corrected chi connectivity index (χ0v) is 38.8. The van der Waals surface area contributed by atoms with Crippen LogP contribution in [0.5, 0.6) is 0 Å². The molecule has 0 atom stereocenters. The van der Waals surface area contributed by atoms with Crippen molar-refractivity contribution in [3.05, 3.63) is 212 Å². The third-order valence-corrected chi connectivity index (χ3v) is 15.5. The second-order valence-electron chi connectivity index (χ2n) is 18.5. The zero-order valence-electron chi connectivity index (χ0n) is 37.9. The summed E-state index contributed by atoms with van der Waals surface area (Å²) >= 11 is 1.89. The number of hydrogen-bond acceptors (Lipinski definition) is 4. The molecule has 5 nitrogen and oxygen atoms in total. The van der Waals surface area contributed by atoms with E-state index in [4.69, 9.17) is 15.0 Å². The molecule has 69 heavy (non-hydrogen) atoms. The fourth-order valence-electron chi connectivity index (χ4n) is 11.0. The Morgan fingerprint density at radius 2 is 1.06 bits per heavy atom. The number of allylic oxidation sites excluding steroid dienone is 6. The summed E-state index contributed by atoms with van der Waals surface area (Å²) in [7, 11) is 0. The van der Waals surface area contributed by atoms with Crippen molar-refractivity contribution in [3.63, 3.8) is 0 Å². The Labute approximate surface area is 403 Å². The van der Waals surface area contributed by atoms with Gasteiger partial charge in [0.05, 0.1) is 22.1 Å². The Kier molecular flexibility index (Phi) is 9.41. The maximum atomic E-state index is 5.13. The number of aromatic nitrogens is 5. The minimum atomic E-state index is 0.714. The molecule has 0 saturated heterocycles. The van der Waals surface area contributed by atoms with Gasteiger partial charge in [0.1, 0.15) is 0 Å². The third-order valence-electron chi connectivity index (χ3n) is 14.3. The van der Waals surface area contributed by atoms with Gasteiger partial charge in [0.15, 0.2) is 17.5 Å². The SMILES string of the molecule is C1=CC(c2nc(C3=CCCCC3)nc(-c3cccc(-c4cccc(-n5c6ccccc6c6cc(-n7c8ccccc8c8cc(-c9cccc%10c9sc9ccccc9%10)ccc87)ccc65)c4)c3)n2)=CCC1. The van der Waals surface area contributed by atoms with Crippen LogP contribution < -0.4 is 0 Å². The number of rotatable bonds is 7. The Morgan fingerprint density at radius 3 is 1.86 bits per heavy atom. The minimum absolute atomic E-state index is 0.714. The van der Waals surface area contributed by atoms with Crippen LogP contribution in [0.25, 0.3) is 120 Å². The van der Waals surface area contributed by atoms with Gasteiger partial charge in [-0.2, -0.15) is 0 Å². The molecule has 0 fully saturated rings. The average Bonchev–Trinajstić information content (AvgIpc) is 4.09. The van der Waals surface area contributed by atoms with Gasteiger partial charge in [-0.05, 0) is 133 Å². The summed E-state index contributed by atoms with van der Waals surface area (Å²) < 4.78 is 7.52. The lowest BCUT2D eigenvalue weighted by Gasteiger charge is -2.15. The predicted octanol–water partition coefficient (Wildman–Crippen LogP) is 17.1. The molecule has 4 heterocycles. The van der Waals surface area contributed by atoms with Gasteiger partial charge in [-0.3, -0.25) is 0 Å². The van der Waals surface area contributed by atoms with Crippen LogP contribution in [0.4, 0.5) is 0 Å². The molecule has 8 aromatic carbocycles. The summed E-state index contributed by atoms with van der Waals surface area (Å²) in [5.41, 5.74) is 15.0. The molecule has 0 saturated carbocycles. The first-order valence-electron chi connectivity index (χ1n) is 24.2. The number of benzene rings is 8. The Balaban J connectivity index is 0.864. The van der Waals surface area contributed by atoms with Crippen molar-refractivity contribution >= 4 is 86.3 Å². The number of fused-ring (bicyclic) bond motifs is 9. The van der Waals surface area contributed by atoms with E-state index in [2.05, 4.69) is 209 Å². The molecular formula is C63H45N5S. The summed E-state index contributed by atoms with van der Waals surface area (Å²) in [6, 6.07) is 64.8. The molecule has 2 aliphatic rings. The van der Waals surface area contributed by atoms with E-state index in [0.717, 1.165) is 71.0 Å². The van der Waals surface area contributed by atoms with E-state index in [1.54, 1.807) is 0 Å². The molecule has 4 aromatic heterocycles. The van der Waals surface area contributed by atoms with Gasteiger partial charge in [-0.25, -0.2) is 15.0 Å². The van der Waals surface area contributed by atoms with Gasteiger partial charge < -0.3 is 9.13 Å². The van der Waals surface area contributed by atoms with Gasteiger partial charge in [-0.15, -0.1) is 11.3 Å². The number of hydrogen-bond donors (Lipinski definition) is 0. The molecule has 0 spiro atoms. The number of para-hydroxylation sites is 2. The highest BCUT2D eigenvalue weighted by Gasteiger charge is 2.20. The third kappa shape index (κ3) is 6.69. The standard InChI is InChI=1S/C63H45N5S/c1-3-16-40(17-4-1)61-64-62(41-18-5-2-6-19-41)66-63(65-61)45-22-13-20-42(36-45)43-21-14-23-46(37-43)67-56-30-11-8-25-50(56)54-39-47(33-35-58(54)67)68-55-29-10-7-24-49(55)53-38-44(32-34-57(53)68)48-27-15-28-52-51-26-9-12-31-59(51)69-60(48)52/h3,7-18,20-39H,1-2,4-6,19H2. The topological polar surface area (TPSA) is 48.5 Å². The lowest BCUT2D eigenvalue weighted by molar-refractivity contribution is 0.735. The van der Waals surface area contributed by atoms with Crippen LogP contribution in [0.2, 0.25) is 0 Å². The van der Waals surface area contributed by atoms with E-state index in [1.165, 1.54) is 93.3 Å². The van der Waals surface area contributed by atoms with Crippen LogP contribution in [0.3, 0.4) is 0 Å². The maximum Gasteiger partial charge on any atom is 0.164 e. The molecule has 328 valence electrons. The van der Waals surface area contributed by atoms with Crippen molar-refractivity contribution in [2.45, 2.75) is 38.5 Å². The molecule has 14 rings (SSSR count). The van der Waals surface area contributed by atoms with Gasteiger partial charge in [0, 0.05) is 64.2 Å². The van der Waals surface area contributed by atoms with Crippen LogP contribution >= 0.6 is 11.3 Å². The Bertz CT molecular complexity index is 4160. The second kappa shape index (κ2) is 16.3. The molecular weight excluding hydrogens is 859 g/mol. The van der Waals surface area contributed by atoms with E-state index in [0.29, 0.717) is 5.82 Å². The van der Waals surface area contributed by atoms with Gasteiger partial charge in [0.2, 0.25) is 0 Å². The summed E-state index contributed by atoms with van der Waals surface area (Å²) in [5.74, 6) is 2.27. The molecule has 0 aliphatic heterocycles. The summed E-state index contributed by atoms with van der Waals surface area (Å²) in [4.78, 5) is 15.3. The quantitative estimate of drug-likeness (QED) is 0.160. The molecule has 0 unspecified atom stereocenters. The van der Waals surface area contributed by atoms with Gasteiger partial charge in [0.25, 0.3) is 0 Å². The molecule has 2 aliphatic carbocycles. The van der Waals surface area contributed by atoms with Crippen molar-refractivity contribution < 1.29 is 0 Å². The number of nitrogens with zero attached hydrogens (tertiary/aromatic N) is 5. The lowest BCUT2D eigenvalue weighted by Crippen LogP contribution is -2.06. The molecule has 12 aromatic rings. The van der Waals surface area contributed by atoms with Crippen LogP contribution in [0, 0.1) is 0 Å². The number of thiophene rings is 1. The highest BCUT2D eigenvalue weighted by Crippen LogP contribution is 2.43. The van der Waals surface area contributed by atoms with Crippen LogP contribution in [0.1, 0.15) is 50.2 Å². The summed E-state index contributed by atoms with van der Waals surface area (Å²) in [6.45, 7) is 0. The molecule has 0 bridgehead atoms. The van der Waals surface area contributed by atoms with Crippen molar-refractivity contribution in [1.82, 2.24) is 24.1 Å². The largest absolute Gasteiger partial charge is 0.309 e. The molecule has 6 heteroatoms. The Hall–Kier alpha value is -8.19. The summed E-state index contributed by atoms with van der Waals surface area (Å²) in [5, 5.41) is 7.58. The Morgan fingerprint density at radius 1 is 0.406 bits per heavy atom. The van der Waals surface area contributed by atoms with E-state index < -0.39 is 0 Å². The van der Waals surface area contributed by atoms with Crippen LogP contribution in [-0.2, 0) is 0 Å². The minimum Gasteiger partial charge on any atom is -0.309 e. The van der Waals surface area contributed by atoms with Crippen molar-refractivity contribution in [1.29, 1.82) is 0 Å². The van der Waals surface area contributed by atoms with E-state index in [-0.39, 0.29) is 0 Å². The first-order chi connectivity index (χ1) is 34.2. The van der Waals surface area contributed by atoms with Crippen molar-refractivity contribution in [2.24, 2.45) is 0 Å². The van der Waals surface area contributed by atoms with Crippen molar-refractivity contribution in [3.8, 4) is 45.0 Å². The monoisotopic (exact) mass is 903 g/mol. The zero-order chi connectivity index (χ0) is 45.4. The highest BCUT2D eigenvalue weighted by atomic mass is 32.1. The first-order valence-corrected chi connectivity index (χ1v) is 25.0. The summed E-state index contributed by atoms with van der Waals surface area (Å²) in [6.07, 6.45) is 15.5. The fourth-order valence-corrected chi connectivity index (χ4v) is 12.3. The van der Waals surface area contributed by atoms with Gasteiger partial charge in [-0.1, -0.05) is 133 Å². The fraction of sp³-hybridized carbons (Fsp3) is 0.0952. The lowest BCUT2D eigenvalue weighted by atomic mass is 9.98. The normalized spacial score (nSPS) is 14.1. The molecule has 0 amide bonds. The van der Waals surface area contributed by atoms with Crippen molar-refractivity contribution in [2.75, 3.05) is 0 Å². The molecule has 0 N–H and O–H groups in total. The average molecular weight is 904 g/mol. The highest BCUT2D eigenvalue weighted by molar-refractivity contribution is 7.26. The first kappa shape index (κ1) is 39.9. The van der Waals surface area contributed by atoms with E-state index >= 15 is 0 Å². The van der Waals surface area contributed by atoms with Crippen LogP contribution in [-0.4, -0.2) is 24.1 Å². The van der Waals surface area contributed by atoms with E-state index in [1.807, 2.05) is 11.3 Å². The molecule has 0 radical (unpaired) electrons. The van der Waals surface area contributed by atoms with Crippen LogP contribution in [0.15, 0.2) is 200 Å². The second-order valence-corrected chi connectivity index (χ2v) is 19.5. The van der Waals surface area contributed by atoms with E-state index in [9.17, 15) is 0 Å². The predicted molar refractivity (Wildman–Crippen MR) is 290 cm³/mol. The van der Waals surface area contributed by atoms with Gasteiger partial charge >= 0.3 is 0 Å².